The van der Waals surface area contributed by atoms with Crippen LogP contribution in [0.1, 0.15) is 42.4 Å². The number of nitrogens with one attached hydrogen (secondary N) is 1. The van der Waals surface area contributed by atoms with Crippen molar-refractivity contribution in [1.82, 2.24) is 10.2 Å². The molecule has 1 N–H and O–H groups in total. The largest absolute Gasteiger partial charge is 0.484 e. The maximum Gasteiger partial charge on any atom is 0.422 e. The van der Waals surface area contributed by atoms with E-state index in [2.05, 4.69) is 11.4 Å². The van der Waals surface area contributed by atoms with Crippen molar-refractivity contribution in [2.24, 2.45) is 0 Å². The number of hydrogen-bond acceptors (Lipinski definition) is 4. The van der Waals surface area contributed by atoms with Crippen LogP contribution in [0.4, 0.5) is 13.2 Å². The lowest BCUT2D eigenvalue weighted by atomic mass is 10.00. The number of aryl methyl sites for hydroxylation is 2. The van der Waals surface area contributed by atoms with Gasteiger partial charge in [-0.1, -0.05) is 12.1 Å². The SMILES string of the molecule is Cc1cc(CN(C)CC(=O)NC2(C#N)CCCC2)cc(C)c1OCC(F)(F)F. The van der Waals surface area contributed by atoms with Gasteiger partial charge in [0.25, 0.3) is 0 Å². The molecule has 154 valence electrons. The summed E-state index contributed by atoms with van der Waals surface area (Å²) in [7, 11) is 1.78. The van der Waals surface area contributed by atoms with Crippen LogP contribution in [0.25, 0.3) is 0 Å². The Labute approximate surface area is 163 Å². The van der Waals surface area contributed by atoms with E-state index in [0.717, 1.165) is 18.4 Å². The number of carbonyl (C=O) groups excluding carboxylic acids is 1. The molecule has 0 saturated heterocycles. The standard InChI is InChI=1S/C20H26F3N3O2/c1-14-8-16(9-15(2)18(14)28-13-20(21,22)23)10-26(3)11-17(27)25-19(12-24)6-4-5-7-19/h8-9H,4-7,10-11,13H2,1-3H3,(H,25,27). The number of rotatable bonds is 7. The molecule has 0 unspecified atom stereocenters. The van der Waals surface area contributed by atoms with Gasteiger partial charge in [-0.2, -0.15) is 18.4 Å². The van der Waals surface area contributed by atoms with E-state index in [1.165, 1.54) is 0 Å². The summed E-state index contributed by atoms with van der Waals surface area (Å²) in [5.74, 6) is 0.0307. The Morgan fingerprint density at radius 2 is 1.86 bits per heavy atom. The van der Waals surface area contributed by atoms with Gasteiger partial charge in [-0.05, 0) is 63.3 Å². The van der Waals surface area contributed by atoms with Crippen LogP contribution in [0.5, 0.6) is 5.75 Å². The van der Waals surface area contributed by atoms with Crippen LogP contribution in [0.15, 0.2) is 12.1 Å². The van der Waals surface area contributed by atoms with Crippen molar-refractivity contribution in [1.29, 1.82) is 5.26 Å². The molecular formula is C20H26F3N3O2. The predicted molar refractivity (Wildman–Crippen MR) is 98.8 cm³/mol. The van der Waals surface area contributed by atoms with E-state index in [0.29, 0.717) is 30.5 Å². The second kappa shape index (κ2) is 8.82. The molecular weight excluding hydrogens is 371 g/mol. The number of likely N-dealkylation sites (N-methyl/N-ethyl adjacent to an activating group) is 1. The summed E-state index contributed by atoms with van der Waals surface area (Å²) < 4.78 is 42.1. The molecule has 5 nitrogen and oxygen atoms in total. The van der Waals surface area contributed by atoms with Crippen LogP contribution in [0.2, 0.25) is 0 Å². The molecule has 0 aromatic heterocycles. The number of amides is 1. The molecule has 1 aliphatic carbocycles. The third-order valence-electron chi connectivity index (χ3n) is 4.82. The number of nitriles is 1. The highest BCUT2D eigenvalue weighted by atomic mass is 19.4. The minimum absolute atomic E-state index is 0.133. The maximum absolute atomic E-state index is 12.4. The predicted octanol–water partition coefficient (Wildman–Crippen LogP) is 3.63. The van der Waals surface area contributed by atoms with Crippen molar-refractivity contribution in [3.63, 3.8) is 0 Å². The van der Waals surface area contributed by atoms with E-state index in [1.54, 1.807) is 37.9 Å². The van der Waals surface area contributed by atoms with E-state index >= 15 is 0 Å². The van der Waals surface area contributed by atoms with Gasteiger partial charge in [0.1, 0.15) is 11.3 Å². The second-order valence-electron chi connectivity index (χ2n) is 7.58. The minimum atomic E-state index is -4.38. The number of ether oxygens (including phenoxy) is 1. The van der Waals surface area contributed by atoms with Crippen molar-refractivity contribution in [3.05, 3.63) is 28.8 Å². The van der Waals surface area contributed by atoms with Crippen molar-refractivity contribution in [2.45, 2.75) is 57.8 Å². The Kier molecular flexibility index (Phi) is 6.94. The summed E-state index contributed by atoms with van der Waals surface area (Å²) in [6, 6.07) is 5.76. The number of alkyl halides is 3. The fourth-order valence-electron chi connectivity index (χ4n) is 3.68. The molecule has 1 amide bonds. The molecule has 0 bridgehead atoms. The zero-order valence-corrected chi connectivity index (χ0v) is 16.4. The lowest BCUT2D eigenvalue weighted by Gasteiger charge is -2.24. The van der Waals surface area contributed by atoms with Gasteiger partial charge in [-0.15, -0.1) is 0 Å². The van der Waals surface area contributed by atoms with Gasteiger partial charge in [0.05, 0.1) is 12.6 Å². The van der Waals surface area contributed by atoms with Gasteiger partial charge in [0.15, 0.2) is 6.61 Å². The fraction of sp³-hybridized carbons (Fsp3) is 0.600. The van der Waals surface area contributed by atoms with Crippen LogP contribution < -0.4 is 10.1 Å². The fourth-order valence-corrected chi connectivity index (χ4v) is 3.68. The molecule has 1 saturated carbocycles. The number of nitrogens with zero attached hydrogens (tertiary/aromatic N) is 2. The van der Waals surface area contributed by atoms with Crippen LogP contribution >= 0.6 is 0 Å². The van der Waals surface area contributed by atoms with Gasteiger partial charge in [0, 0.05) is 6.54 Å². The molecule has 0 aliphatic heterocycles. The van der Waals surface area contributed by atoms with Gasteiger partial charge < -0.3 is 10.1 Å². The van der Waals surface area contributed by atoms with E-state index < -0.39 is 18.3 Å². The second-order valence-corrected chi connectivity index (χ2v) is 7.58. The number of benzene rings is 1. The lowest BCUT2D eigenvalue weighted by Crippen LogP contribution is -2.48. The first-order chi connectivity index (χ1) is 13.0. The summed E-state index contributed by atoms with van der Waals surface area (Å²) in [4.78, 5) is 14.1. The third kappa shape index (κ3) is 6.13. The first-order valence-electron chi connectivity index (χ1n) is 9.24. The molecule has 1 aliphatic rings. The van der Waals surface area contributed by atoms with Crippen molar-refractivity contribution >= 4 is 5.91 Å². The van der Waals surface area contributed by atoms with Gasteiger partial charge in [0.2, 0.25) is 5.91 Å². The quantitative estimate of drug-likeness (QED) is 0.763. The highest BCUT2D eigenvalue weighted by Crippen LogP contribution is 2.29. The molecule has 0 spiro atoms. The van der Waals surface area contributed by atoms with E-state index in [4.69, 9.17) is 4.74 Å². The Balaban J connectivity index is 1.95. The summed E-state index contributed by atoms with van der Waals surface area (Å²) in [6.07, 6.45) is -1.16. The van der Waals surface area contributed by atoms with Crippen LogP contribution in [0.3, 0.4) is 0 Å². The first-order valence-corrected chi connectivity index (χ1v) is 9.24. The van der Waals surface area contributed by atoms with Gasteiger partial charge in [-0.25, -0.2) is 0 Å². The molecule has 1 aromatic carbocycles. The monoisotopic (exact) mass is 397 g/mol. The van der Waals surface area contributed by atoms with Crippen LogP contribution in [-0.2, 0) is 11.3 Å². The Hall–Kier alpha value is -2.27. The average molecular weight is 397 g/mol. The third-order valence-corrected chi connectivity index (χ3v) is 4.82. The van der Waals surface area contributed by atoms with Crippen molar-refractivity contribution < 1.29 is 22.7 Å². The number of hydrogen-bond donors (Lipinski definition) is 1. The molecule has 1 aromatic rings. The number of carbonyl (C=O) groups is 1. The van der Waals surface area contributed by atoms with Crippen LogP contribution in [0, 0.1) is 25.2 Å². The van der Waals surface area contributed by atoms with Crippen molar-refractivity contribution in [2.75, 3.05) is 20.2 Å². The summed E-state index contributed by atoms with van der Waals surface area (Å²) in [5.41, 5.74) is 1.36. The molecule has 1 fully saturated rings. The Morgan fingerprint density at radius 1 is 1.29 bits per heavy atom. The number of halogens is 3. The average Bonchev–Trinajstić information content (AvgIpc) is 3.01. The molecule has 8 heteroatoms. The highest BCUT2D eigenvalue weighted by Gasteiger charge is 2.35. The van der Waals surface area contributed by atoms with E-state index in [-0.39, 0.29) is 18.2 Å². The normalized spacial score (nSPS) is 16.1. The van der Waals surface area contributed by atoms with Gasteiger partial charge in [-0.3, -0.25) is 9.69 Å². The highest BCUT2D eigenvalue weighted by molar-refractivity contribution is 5.79. The molecule has 0 heterocycles. The summed E-state index contributed by atoms with van der Waals surface area (Å²) in [6.45, 7) is 2.66. The summed E-state index contributed by atoms with van der Waals surface area (Å²) >= 11 is 0. The lowest BCUT2D eigenvalue weighted by molar-refractivity contribution is -0.153. The Morgan fingerprint density at radius 3 is 2.36 bits per heavy atom. The summed E-state index contributed by atoms with van der Waals surface area (Å²) in [5, 5.41) is 12.2. The van der Waals surface area contributed by atoms with Crippen LogP contribution in [-0.4, -0.2) is 42.7 Å². The molecule has 28 heavy (non-hydrogen) atoms. The van der Waals surface area contributed by atoms with Crippen molar-refractivity contribution in [3.8, 4) is 11.8 Å². The van der Waals surface area contributed by atoms with E-state index in [1.807, 2.05) is 0 Å². The topological polar surface area (TPSA) is 65.4 Å². The molecule has 2 rings (SSSR count). The smallest absolute Gasteiger partial charge is 0.422 e. The molecule has 0 atom stereocenters. The molecule has 0 radical (unpaired) electrons. The minimum Gasteiger partial charge on any atom is -0.484 e. The first kappa shape index (κ1) is 22.0. The maximum atomic E-state index is 12.4. The van der Waals surface area contributed by atoms with Gasteiger partial charge >= 0.3 is 6.18 Å². The zero-order valence-electron chi connectivity index (χ0n) is 16.4. The Bertz CT molecular complexity index is 727. The van der Waals surface area contributed by atoms with E-state index in [9.17, 15) is 23.2 Å². The zero-order chi connectivity index (χ0) is 20.9.